The number of H-pyrrole nitrogens is 1. The molecule has 6 nitrogen and oxygen atoms in total. The van der Waals surface area contributed by atoms with E-state index in [0.717, 1.165) is 10.2 Å². The summed E-state index contributed by atoms with van der Waals surface area (Å²) in [4.78, 5) is 36.3. The van der Waals surface area contributed by atoms with Crippen LogP contribution in [0.25, 0.3) is 10.8 Å². The number of halogens is 1. The number of aromatic nitrogens is 2. The van der Waals surface area contributed by atoms with Gasteiger partial charge < -0.3 is 5.32 Å². The first-order valence-corrected chi connectivity index (χ1v) is 8.27. The van der Waals surface area contributed by atoms with Gasteiger partial charge in [-0.3, -0.25) is 19.5 Å². The SMILES string of the molecule is O=C(CCn1[nH]c(=O)c2ccccc2c1=O)NCCc1ccc(F)cc1. The summed E-state index contributed by atoms with van der Waals surface area (Å²) in [5.41, 5.74) is 0.220. The lowest BCUT2D eigenvalue weighted by Gasteiger charge is -2.08. The number of carbonyl (C=O) groups is 1. The van der Waals surface area contributed by atoms with Crippen LogP contribution in [0.2, 0.25) is 0 Å². The molecule has 3 aromatic rings. The number of hydrogen-bond donors (Lipinski definition) is 2. The number of nitrogens with zero attached hydrogens (tertiary/aromatic N) is 1. The number of carbonyl (C=O) groups excluding carboxylic acids is 1. The Balaban J connectivity index is 1.57. The molecule has 134 valence electrons. The van der Waals surface area contributed by atoms with Gasteiger partial charge in [0.15, 0.2) is 0 Å². The van der Waals surface area contributed by atoms with Crippen LogP contribution >= 0.6 is 0 Å². The molecule has 0 aliphatic heterocycles. The van der Waals surface area contributed by atoms with Crippen LogP contribution in [-0.4, -0.2) is 22.2 Å². The third-order valence-corrected chi connectivity index (χ3v) is 4.10. The average molecular weight is 355 g/mol. The number of hydrogen-bond acceptors (Lipinski definition) is 3. The quantitative estimate of drug-likeness (QED) is 0.704. The normalized spacial score (nSPS) is 10.8. The topological polar surface area (TPSA) is 84.0 Å². The maximum atomic E-state index is 12.8. The number of benzene rings is 2. The van der Waals surface area contributed by atoms with Gasteiger partial charge >= 0.3 is 0 Å². The molecule has 1 amide bonds. The van der Waals surface area contributed by atoms with Gasteiger partial charge in [-0.25, -0.2) is 9.07 Å². The van der Waals surface area contributed by atoms with Crippen LogP contribution in [0.5, 0.6) is 0 Å². The van der Waals surface area contributed by atoms with Gasteiger partial charge in [0, 0.05) is 13.0 Å². The third-order valence-electron chi connectivity index (χ3n) is 4.10. The molecule has 0 spiro atoms. The lowest BCUT2D eigenvalue weighted by molar-refractivity contribution is -0.121. The van der Waals surface area contributed by atoms with Crippen LogP contribution in [0, 0.1) is 5.82 Å². The first-order chi connectivity index (χ1) is 12.5. The number of aromatic amines is 1. The smallest absolute Gasteiger partial charge is 0.273 e. The highest BCUT2D eigenvalue weighted by Gasteiger charge is 2.08. The van der Waals surface area contributed by atoms with E-state index in [9.17, 15) is 18.8 Å². The highest BCUT2D eigenvalue weighted by Crippen LogP contribution is 2.03. The highest BCUT2D eigenvalue weighted by molar-refractivity contribution is 5.80. The van der Waals surface area contributed by atoms with Crippen molar-refractivity contribution in [3.05, 3.63) is 80.6 Å². The summed E-state index contributed by atoms with van der Waals surface area (Å²) >= 11 is 0. The summed E-state index contributed by atoms with van der Waals surface area (Å²) in [7, 11) is 0. The Morgan fingerprint density at radius 1 is 1.04 bits per heavy atom. The van der Waals surface area contributed by atoms with Crippen molar-refractivity contribution in [3.8, 4) is 0 Å². The standard InChI is InChI=1S/C19H18FN3O3/c20-14-7-5-13(6-8-14)9-11-21-17(24)10-12-23-19(26)16-4-2-1-3-15(16)18(25)22-23/h1-8H,9-12H2,(H,21,24)(H,22,25). The maximum Gasteiger partial charge on any atom is 0.273 e. The van der Waals surface area contributed by atoms with E-state index in [-0.39, 0.29) is 35.8 Å². The fourth-order valence-corrected chi connectivity index (χ4v) is 2.70. The van der Waals surface area contributed by atoms with E-state index in [4.69, 9.17) is 0 Å². The van der Waals surface area contributed by atoms with Gasteiger partial charge in [0.05, 0.1) is 17.3 Å². The van der Waals surface area contributed by atoms with E-state index >= 15 is 0 Å². The lowest BCUT2D eigenvalue weighted by atomic mass is 10.1. The van der Waals surface area contributed by atoms with Gasteiger partial charge in [-0.05, 0) is 36.2 Å². The van der Waals surface area contributed by atoms with Crippen LogP contribution in [-0.2, 0) is 17.8 Å². The molecule has 2 aromatic carbocycles. The van der Waals surface area contributed by atoms with Gasteiger partial charge in [-0.15, -0.1) is 0 Å². The van der Waals surface area contributed by atoms with Crippen molar-refractivity contribution in [1.82, 2.24) is 15.1 Å². The van der Waals surface area contributed by atoms with Crippen molar-refractivity contribution in [2.75, 3.05) is 6.54 Å². The predicted octanol–water partition coefficient (Wildman–Crippen LogP) is 1.58. The van der Waals surface area contributed by atoms with Crippen LogP contribution in [0.15, 0.2) is 58.1 Å². The number of amides is 1. The third kappa shape index (κ3) is 4.05. The minimum absolute atomic E-state index is 0.0671. The predicted molar refractivity (Wildman–Crippen MR) is 96.6 cm³/mol. The van der Waals surface area contributed by atoms with E-state index in [1.165, 1.54) is 12.1 Å². The number of aryl methyl sites for hydroxylation is 1. The van der Waals surface area contributed by atoms with Crippen LogP contribution < -0.4 is 16.4 Å². The largest absolute Gasteiger partial charge is 0.356 e. The molecule has 2 N–H and O–H groups in total. The monoisotopic (exact) mass is 355 g/mol. The van der Waals surface area contributed by atoms with Crippen molar-refractivity contribution >= 4 is 16.7 Å². The molecule has 1 aromatic heterocycles. The molecule has 1 heterocycles. The molecular formula is C19H18FN3O3. The van der Waals surface area contributed by atoms with E-state index < -0.39 is 0 Å². The van der Waals surface area contributed by atoms with Gasteiger partial charge in [0.1, 0.15) is 5.82 Å². The number of rotatable bonds is 6. The molecule has 0 saturated heterocycles. The molecule has 0 bridgehead atoms. The Labute approximate surface area is 148 Å². The van der Waals surface area contributed by atoms with Crippen LogP contribution in [0.3, 0.4) is 0 Å². The fourth-order valence-electron chi connectivity index (χ4n) is 2.70. The van der Waals surface area contributed by atoms with Crippen molar-refractivity contribution in [3.63, 3.8) is 0 Å². The lowest BCUT2D eigenvalue weighted by Crippen LogP contribution is -2.33. The Morgan fingerprint density at radius 2 is 1.73 bits per heavy atom. The van der Waals surface area contributed by atoms with Crippen molar-refractivity contribution in [2.24, 2.45) is 0 Å². The second kappa shape index (κ2) is 7.77. The minimum atomic E-state index is -0.364. The minimum Gasteiger partial charge on any atom is -0.356 e. The molecule has 0 radical (unpaired) electrons. The molecule has 0 aliphatic rings. The molecule has 0 aliphatic carbocycles. The summed E-state index contributed by atoms with van der Waals surface area (Å²) in [5.74, 6) is -0.527. The molecule has 0 unspecified atom stereocenters. The maximum absolute atomic E-state index is 12.8. The summed E-state index contributed by atoms with van der Waals surface area (Å²) < 4.78 is 14.0. The Bertz CT molecular complexity index is 1040. The van der Waals surface area contributed by atoms with E-state index in [2.05, 4.69) is 10.4 Å². The fraction of sp³-hybridized carbons (Fsp3) is 0.211. The Morgan fingerprint density at radius 3 is 2.46 bits per heavy atom. The molecule has 3 rings (SSSR count). The van der Waals surface area contributed by atoms with Crippen molar-refractivity contribution in [2.45, 2.75) is 19.4 Å². The number of nitrogens with one attached hydrogen (secondary N) is 2. The molecule has 0 fully saturated rings. The molecule has 7 heteroatoms. The summed E-state index contributed by atoms with van der Waals surface area (Å²) in [6.07, 6.45) is 0.649. The van der Waals surface area contributed by atoms with E-state index in [0.29, 0.717) is 23.7 Å². The van der Waals surface area contributed by atoms with Gasteiger partial charge in [0.25, 0.3) is 11.1 Å². The van der Waals surface area contributed by atoms with Gasteiger partial charge in [0.2, 0.25) is 5.91 Å². The molecule has 0 atom stereocenters. The van der Waals surface area contributed by atoms with Crippen LogP contribution in [0.1, 0.15) is 12.0 Å². The summed E-state index contributed by atoms with van der Waals surface area (Å²) in [6.45, 7) is 0.495. The Hall–Kier alpha value is -3.22. The molecular weight excluding hydrogens is 337 g/mol. The van der Waals surface area contributed by atoms with Gasteiger partial charge in [-0.2, -0.15) is 0 Å². The van der Waals surface area contributed by atoms with Crippen molar-refractivity contribution < 1.29 is 9.18 Å². The zero-order valence-electron chi connectivity index (χ0n) is 14.0. The average Bonchev–Trinajstić information content (AvgIpc) is 2.65. The second-order valence-corrected chi connectivity index (χ2v) is 5.92. The molecule has 0 saturated carbocycles. The second-order valence-electron chi connectivity index (χ2n) is 5.92. The number of fused-ring (bicyclic) bond motifs is 1. The summed E-state index contributed by atoms with van der Waals surface area (Å²) in [6, 6.07) is 12.6. The molecule has 26 heavy (non-hydrogen) atoms. The first kappa shape index (κ1) is 17.6. The summed E-state index contributed by atoms with van der Waals surface area (Å²) in [5, 5.41) is 5.90. The zero-order valence-corrected chi connectivity index (χ0v) is 14.0. The highest BCUT2D eigenvalue weighted by atomic mass is 19.1. The van der Waals surface area contributed by atoms with E-state index in [1.54, 1.807) is 36.4 Å². The van der Waals surface area contributed by atoms with Gasteiger partial charge in [-0.1, -0.05) is 24.3 Å². The Kier molecular flexibility index (Phi) is 5.26. The van der Waals surface area contributed by atoms with E-state index in [1.807, 2.05) is 0 Å². The van der Waals surface area contributed by atoms with Crippen LogP contribution in [0.4, 0.5) is 4.39 Å². The first-order valence-electron chi connectivity index (χ1n) is 8.27. The zero-order chi connectivity index (χ0) is 18.5. The van der Waals surface area contributed by atoms with Crippen molar-refractivity contribution in [1.29, 1.82) is 0 Å².